The van der Waals surface area contributed by atoms with Crippen LogP contribution in [0.4, 0.5) is 0 Å². The molecule has 2 atom stereocenters. The largest absolute Gasteiger partial charge is 0.344 e. The van der Waals surface area contributed by atoms with Crippen molar-refractivity contribution in [2.75, 3.05) is 0 Å². The summed E-state index contributed by atoms with van der Waals surface area (Å²) in [6.07, 6.45) is 4.91. The van der Waals surface area contributed by atoms with Crippen LogP contribution in [0.25, 0.3) is 10.9 Å². The molecule has 0 amide bonds. The summed E-state index contributed by atoms with van der Waals surface area (Å²) < 4.78 is 2.61. The zero-order valence-electron chi connectivity index (χ0n) is 14.3. The maximum Gasteiger partial charge on any atom is 0.0486 e. The lowest BCUT2D eigenvalue weighted by molar-refractivity contribution is 0.495. The quantitative estimate of drug-likeness (QED) is 0.750. The third-order valence-corrected chi connectivity index (χ3v) is 5.87. The fraction of sp³-hybridized carbons (Fsp3) is 0.364. The van der Waals surface area contributed by atoms with E-state index in [1.54, 1.807) is 11.3 Å². The van der Waals surface area contributed by atoms with Crippen molar-refractivity contribution in [2.24, 2.45) is 0 Å². The molecule has 0 aliphatic carbocycles. The summed E-state index contributed by atoms with van der Waals surface area (Å²) >= 11 is 0. The molecule has 1 N–H and O–H groups in total. The van der Waals surface area contributed by atoms with Gasteiger partial charge in [-0.05, 0) is 49.4 Å². The third kappa shape index (κ3) is 2.21. The van der Waals surface area contributed by atoms with E-state index < -0.39 is 0 Å². The number of benzene rings is 2. The maximum absolute atomic E-state index is 3.83. The second-order valence-electron chi connectivity index (χ2n) is 7.47. The molecule has 2 nitrogen and oxygen atoms in total. The Bertz CT molecular complexity index is 891. The fourth-order valence-corrected chi connectivity index (χ4v) is 4.74. The Kier molecular flexibility index (Phi) is 3.27. The van der Waals surface area contributed by atoms with E-state index in [-0.39, 0.29) is 0 Å². The first-order valence-electron chi connectivity index (χ1n) is 9.21. The molecule has 2 bridgehead atoms. The van der Waals surface area contributed by atoms with E-state index in [9.17, 15) is 0 Å². The molecule has 3 heterocycles. The predicted octanol–water partition coefficient (Wildman–Crippen LogP) is 4.54. The topological polar surface area (TPSA) is 17.0 Å². The molecule has 0 radical (unpaired) electrons. The zero-order valence-corrected chi connectivity index (χ0v) is 14.3. The molecular formula is C22H24N2. The average molecular weight is 316 g/mol. The molecule has 0 saturated carbocycles. The highest BCUT2D eigenvalue weighted by molar-refractivity contribution is 5.87. The van der Waals surface area contributed by atoms with Crippen LogP contribution in [0.5, 0.6) is 0 Å². The van der Waals surface area contributed by atoms with Crippen molar-refractivity contribution in [1.29, 1.82) is 0 Å². The van der Waals surface area contributed by atoms with Crippen molar-refractivity contribution in [3.63, 3.8) is 0 Å². The maximum atomic E-state index is 3.83. The number of fused-ring (bicyclic) bond motifs is 6. The van der Waals surface area contributed by atoms with E-state index in [1.165, 1.54) is 41.3 Å². The van der Waals surface area contributed by atoms with Crippen LogP contribution in [0, 0.1) is 6.92 Å². The van der Waals surface area contributed by atoms with Gasteiger partial charge in [-0.2, -0.15) is 0 Å². The molecule has 2 aliphatic heterocycles. The first-order valence-corrected chi connectivity index (χ1v) is 9.21. The lowest BCUT2D eigenvalue weighted by Crippen LogP contribution is -2.32. The predicted molar refractivity (Wildman–Crippen MR) is 99.4 cm³/mol. The lowest BCUT2D eigenvalue weighted by atomic mass is 9.98. The van der Waals surface area contributed by atoms with E-state index in [2.05, 4.69) is 65.3 Å². The normalized spacial score (nSPS) is 22.0. The molecule has 2 heteroatoms. The molecule has 1 fully saturated rings. The first kappa shape index (κ1) is 14.3. The summed E-state index contributed by atoms with van der Waals surface area (Å²) in [5.74, 6) is 0. The van der Waals surface area contributed by atoms with Crippen molar-refractivity contribution in [1.82, 2.24) is 9.88 Å². The van der Waals surface area contributed by atoms with E-state index in [0.717, 1.165) is 13.0 Å². The van der Waals surface area contributed by atoms with Crippen LogP contribution >= 0.6 is 0 Å². The van der Waals surface area contributed by atoms with Crippen molar-refractivity contribution in [3.8, 4) is 0 Å². The molecule has 1 saturated heterocycles. The van der Waals surface area contributed by atoms with Gasteiger partial charge in [-0.1, -0.05) is 42.0 Å². The van der Waals surface area contributed by atoms with Gasteiger partial charge in [-0.25, -0.2) is 0 Å². The van der Waals surface area contributed by atoms with Gasteiger partial charge in [-0.15, -0.1) is 0 Å². The van der Waals surface area contributed by atoms with Crippen LogP contribution in [0.2, 0.25) is 0 Å². The molecule has 1 aromatic heterocycles. The highest BCUT2D eigenvalue weighted by Crippen LogP contribution is 2.42. The molecular weight excluding hydrogens is 292 g/mol. The minimum atomic E-state index is 0.570. The average Bonchev–Trinajstić information content (AvgIpc) is 3.13. The number of rotatable bonds is 3. The minimum Gasteiger partial charge on any atom is -0.344 e. The number of aromatic nitrogens is 1. The van der Waals surface area contributed by atoms with Gasteiger partial charge < -0.3 is 9.88 Å². The van der Waals surface area contributed by atoms with E-state index >= 15 is 0 Å². The van der Waals surface area contributed by atoms with Crippen molar-refractivity contribution < 1.29 is 0 Å². The number of nitrogens with one attached hydrogen (secondary N) is 1. The summed E-state index contributed by atoms with van der Waals surface area (Å²) in [5, 5.41) is 5.31. The highest BCUT2D eigenvalue weighted by atomic mass is 15.1. The molecule has 122 valence electrons. The fourth-order valence-electron chi connectivity index (χ4n) is 4.74. The molecule has 2 aromatic carbocycles. The van der Waals surface area contributed by atoms with Gasteiger partial charge in [0.2, 0.25) is 0 Å². The van der Waals surface area contributed by atoms with Gasteiger partial charge in [0.05, 0.1) is 0 Å². The van der Waals surface area contributed by atoms with Crippen LogP contribution < -0.4 is 5.32 Å². The van der Waals surface area contributed by atoms with E-state index in [1.807, 2.05) is 0 Å². The number of hydrogen-bond donors (Lipinski definition) is 1. The van der Waals surface area contributed by atoms with Gasteiger partial charge in [0, 0.05) is 41.6 Å². The van der Waals surface area contributed by atoms with Crippen LogP contribution in [0.1, 0.15) is 41.3 Å². The summed E-state index contributed by atoms with van der Waals surface area (Å²) in [5.41, 5.74) is 7.41. The van der Waals surface area contributed by atoms with Gasteiger partial charge in [0.25, 0.3) is 0 Å². The Balaban J connectivity index is 1.61. The summed E-state index contributed by atoms with van der Waals surface area (Å²) in [6, 6.07) is 19.1. The Morgan fingerprint density at radius 2 is 1.96 bits per heavy atom. The van der Waals surface area contributed by atoms with Crippen LogP contribution in [-0.2, 0) is 19.4 Å². The molecule has 3 aromatic rings. The van der Waals surface area contributed by atoms with Crippen LogP contribution in [-0.4, -0.2) is 10.6 Å². The number of nitrogens with zero attached hydrogens (tertiary/aromatic N) is 1. The monoisotopic (exact) mass is 316 g/mol. The van der Waals surface area contributed by atoms with Crippen LogP contribution in [0.3, 0.4) is 0 Å². The smallest absolute Gasteiger partial charge is 0.0486 e. The van der Waals surface area contributed by atoms with Gasteiger partial charge in [0.15, 0.2) is 0 Å². The Labute approximate surface area is 143 Å². The molecule has 24 heavy (non-hydrogen) atoms. The number of hydrogen-bond acceptors (Lipinski definition) is 1. The SMILES string of the molecule is Cc1ccc2c(c1)c1c(n2CCc2ccccc2)CC2CCC1N2. The van der Waals surface area contributed by atoms with E-state index in [4.69, 9.17) is 0 Å². The lowest BCUT2D eigenvalue weighted by Gasteiger charge is -2.24. The molecule has 5 rings (SSSR count). The third-order valence-electron chi connectivity index (χ3n) is 5.87. The Hall–Kier alpha value is -2.06. The van der Waals surface area contributed by atoms with Crippen LogP contribution in [0.15, 0.2) is 48.5 Å². The Morgan fingerprint density at radius 1 is 1.08 bits per heavy atom. The van der Waals surface area contributed by atoms with Crippen molar-refractivity contribution >= 4 is 10.9 Å². The second-order valence-corrected chi connectivity index (χ2v) is 7.47. The van der Waals surface area contributed by atoms with E-state index in [0.29, 0.717) is 12.1 Å². The van der Waals surface area contributed by atoms with Crippen molar-refractivity contribution in [2.45, 2.75) is 51.2 Å². The standard InChI is InChI=1S/C22H24N2/c1-15-7-10-20-18(13-15)22-19-9-8-17(23-19)14-21(22)24(20)12-11-16-5-3-2-4-6-16/h2-7,10,13,17,19,23H,8-9,11-12,14H2,1H3. The highest BCUT2D eigenvalue weighted by Gasteiger charge is 2.36. The summed E-state index contributed by atoms with van der Waals surface area (Å²) in [6.45, 7) is 3.29. The molecule has 2 aliphatic rings. The molecule has 2 unspecified atom stereocenters. The van der Waals surface area contributed by atoms with Gasteiger partial charge >= 0.3 is 0 Å². The van der Waals surface area contributed by atoms with Crippen molar-refractivity contribution in [3.05, 3.63) is 70.9 Å². The van der Waals surface area contributed by atoms with Gasteiger partial charge in [-0.3, -0.25) is 0 Å². The van der Waals surface area contributed by atoms with Gasteiger partial charge in [0.1, 0.15) is 0 Å². The number of aryl methyl sites for hydroxylation is 3. The zero-order chi connectivity index (χ0) is 16.1. The second kappa shape index (κ2) is 5.49. The summed E-state index contributed by atoms with van der Waals surface area (Å²) in [7, 11) is 0. The Morgan fingerprint density at radius 3 is 2.83 bits per heavy atom. The molecule has 0 spiro atoms. The first-order chi connectivity index (χ1) is 11.8. The minimum absolute atomic E-state index is 0.570. The summed E-state index contributed by atoms with van der Waals surface area (Å²) in [4.78, 5) is 0.